The van der Waals surface area contributed by atoms with Crippen LogP contribution >= 0.6 is 0 Å². The van der Waals surface area contributed by atoms with Gasteiger partial charge in [0.1, 0.15) is 0 Å². The minimum atomic E-state index is 0.472. The third-order valence-corrected chi connectivity index (χ3v) is 4.10. The predicted molar refractivity (Wildman–Crippen MR) is 95.5 cm³/mol. The van der Waals surface area contributed by atoms with Crippen LogP contribution in [0.15, 0.2) is 72.8 Å². The Morgan fingerprint density at radius 1 is 0.682 bits per heavy atom. The van der Waals surface area contributed by atoms with Gasteiger partial charge in [-0.05, 0) is 30.4 Å². The summed E-state index contributed by atoms with van der Waals surface area (Å²) in [6.45, 7) is 0. The van der Waals surface area contributed by atoms with Crippen molar-refractivity contribution in [3.05, 3.63) is 83.9 Å². The van der Waals surface area contributed by atoms with Gasteiger partial charge in [0, 0.05) is 12.1 Å². The van der Waals surface area contributed by atoms with Crippen molar-refractivity contribution in [3.8, 4) is 0 Å². The van der Waals surface area contributed by atoms with Crippen LogP contribution in [-0.4, -0.2) is 12.1 Å². The molecular weight excluding hydrogens is 266 g/mol. The van der Waals surface area contributed by atoms with Gasteiger partial charge in [-0.2, -0.15) is 0 Å². The van der Waals surface area contributed by atoms with Crippen LogP contribution in [0.3, 0.4) is 0 Å². The molecule has 112 valence electrons. The highest BCUT2D eigenvalue weighted by atomic mass is 15.0. The normalized spacial score (nSPS) is 22.4. The molecule has 0 radical (unpaired) electrons. The summed E-state index contributed by atoms with van der Waals surface area (Å²) in [5, 5.41) is 3.72. The second-order valence-electron chi connectivity index (χ2n) is 5.85. The van der Waals surface area contributed by atoms with Crippen LogP contribution in [-0.2, 0) is 0 Å². The fourth-order valence-electron chi connectivity index (χ4n) is 2.89. The summed E-state index contributed by atoms with van der Waals surface area (Å²) in [6, 6.07) is 22.0. The highest BCUT2D eigenvalue weighted by Crippen LogP contribution is 2.16. The lowest BCUT2D eigenvalue weighted by molar-refractivity contribution is 0.401. The van der Waals surface area contributed by atoms with Crippen molar-refractivity contribution in [3.63, 3.8) is 0 Å². The van der Waals surface area contributed by atoms with E-state index in [0.29, 0.717) is 12.1 Å². The second-order valence-corrected chi connectivity index (χ2v) is 5.85. The van der Waals surface area contributed by atoms with Crippen LogP contribution in [0.4, 0.5) is 0 Å². The van der Waals surface area contributed by atoms with E-state index in [4.69, 9.17) is 0 Å². The molecule has 1 heteroatoms. The average molecular weight is 289 g/mol. The Bertz CT molecular complexity index is 557. The Labute approximate surface area is 133 Å². The highest BCUT2D eigenvalue weighted by molar-refractivity contribution is 5.51. The molecule has 0 aliphatic carbocycles. The van der Waals surface area contributed by atoms with Gasteiger partial charge in [-0.3, -0.25) is 0 Å². The molecular formula is C21H23N. The third kappa shape index (κ3) is 4.44. The van der Waals surface area contributed by atoms with Crippen LogP contribution in [0.1, 0.15) is 30.4 Å². The van der Waals surface area contributed by atoms with Crippen molar-refractivity contribution in [2.24, 2.45) is 0 Å². The largest absolute Gasteiger partial charge is 0.304 e. The number of piperidine rings is 1. The Kier molecular flexibility index (Phi) is 5.22. The SMILES string of the molecule is C(=C\C1CCCC(/C=C/c2ccccc2)N1)/c1ccccc1. The first-order chi connectivity index (χ1) is 10.9. The van der Waals surface area contributed by atoms with E-state index in [-0.39, 0.29) is 0 Å². The third-order valence-electron chi connectivity index (χ3n) is 4.10. The van der Waals surface area contributed by atoms with E-state index >= 15 is 0 Å². The fourth-order valence-corrected chi connectivity index (χ4v) is 2.89. The Balaban J connectivity index is 1.57. The van der Waals surface area contributed by atoms with Crippen molar-refractivity contribution >= 4 is 12.2 Å². The molecule has 22 heavy (non-hydrogen) atoms. The summed E-state index contributed by atoms with van der Waals surface area (Å²) in [5.41, 5.74) is 2.54. The Hall–Kier alpha value is -2.12. The number of hydrogen-bond acceptors (Lipinski definition) is 1. The van der Waals surface area contributed by atoms with E-state index in [9.17, 15) is 0 Å². The number of hydrogen-bond donors (Lipinski definition) is 1. The number of nitrogens with one attached hydrogen (secondary N) is 1. The first kappa shape index (κ1) is 14.8. The zero-order valence-corrected chi connectivity index (χ0v) is 12.9. The topological polar surface area (TPSA) is 12.0 Å². The molecule has 0 bridgehead atoms. The average Bonchev–Trinajstić information content (AvgIpc) is 2.60. The van der Waals surface area contributed by atoms with Crippen LogP contribution in [0.5, 0.6) is 0 Å². The molecule has 1 fully saturated rings. The minimum Gasteiger partial charge on any atom is -0.304 e. The van der Waals surface area contributed by atoms with E-state index in [1.54, 1.807) is 0 Å². The summed E-state index contributed by atoms with van der Waals surface area (Å²) in [6.07, 6.45) is 12.8. The predicted octanol–water partition coefficient (Wildman–Crippen LogP) is 4.92. The summed E-state index contributed by atoms with van der Waals surface area (Å²) in [5.74, 6) is 0. The zero-order chi connectivity index (χ0) is 15.0. The monoisotopic (exact) mass is 289 g/mol. The van der Waals surface area contributed by atoms with Crippen molar-refractivity contribution in [2.45, 2.75) is 31.3 Å². The standard InChI is InChI=1S/C21H23N/c1-3-8-18(9-4-1)14-16-20-12-7-13-21(22-20)17-15-19-10-5-2-6-11-19/h1-6,8-11,14-17,20-22H,7,12-13H2/b16-14+,17-15+. The van der Waals surface area contributed by atoms with Gasteiger partial charge >= 0.3 is 0 Å². The molecule has 1 aliphatic rings. The second kappa shape index (κ2) is 7.77. The van der Waals surface area contributed by atoms with Crippen LogP contribution in [0, 0.1) is 0 Å². The molecule has 2 aromatic carbocycles. The van der Waals surface area contributed by atoms with Gasteiger partial charge in [-0.1, -0.05) is 85.0 Å². The van der Waals surface area contributed by atoms with E-state index < -0.39 is 0 Å². The molecule has 0 amide bonds. The lowest BCUT2D eigenvalue weighted by atomic mass is 9.97. The van der Waals surface area contributed by atoms with Gasteiger partial charge in [0.05, 0.1) is 0 Å². The summed E-state index contributed by atoms with van der Waals surface area (Å²) in [7, 11) is 0. The highest BCUT2D eigenvalue weighted by Gasteiger charge is 2.16. The van der Waals surface area contributed by atoms with E-state index in [2.05, 4.69) is 90.3 Å². The quantitative estimate of drug-likeness (QED) is 0.842. The Morgan fingerprint density at radius 2 is 1.14 bits per heavy atom. The molecule has 2 unspecified atom stereocenters. The van der Waals surface area contributed by atoms with E-state index in [1.807, 2.05) is 0 Å². The smallest absolute Gasteiger partial charge is 0.0258 e. The fraction of sp³-hybridized carbons (Fsp3) is 0.238. The van der Waals surface area contributed by atoms with Gasteiger partial charge in [0.15, 0.2) is 0 Å². The number of rotatable bonds is 4. The first-order valence-electron chi connectivity index (χ1n) is 8.13. The van der Waals surface area contributed by atoms with Gasteiger partial charge in [0.2, 0.25) is 0 Å². The maximum atomic E-state index is 3.72. The van der Waals surface area contributed by atoms with Gasteiger partial charge in [-0.25, -0.2) is 0 Å². The van der Waals surface area contributed by atoms with E-state index in [0.717, 1.165) is 0 Å². The molecule has 3 rings (SSSR count). The lowest BCUT2D eigenvalue weighted by Crippen LogP contribution is -2.39. The first-order valence-corrected chi connectivity index (χ1v) is 8.13. The molecule has 0 spiro atoms. The van der Waals surface area contributed by atoms with Crippen molar-refractivity contribution in [1.29, 1.82) is 0 Å². The van der Waals surface area contributed by atoms with Gasteiger partial charge in [-0.15, -0.1) is 0 Å². The molecule has 0 aromatic heterocycles. The van der Waals surface area contributed by atoms with Crippen LogP contribution < -0.4 is 5.32 Å². The maximum Gasteiger partial charge on any atom is 0.0258 e. The van der Waals surface area contributed by atoms with Crippen molar-refractivity contribution in [1.82, 2.24) is 5.32 Å². The molecule has 1 heterocycles. The van der Waals surface area contributed by atoms with E-state index in [1.165, 1.54) is 30.4 Å². The maximum absolute atomic E-state index is 3.72. The molecule has 0 saturated carbocycles. The number of benzene rings is 2. The van der Waals surface area contributed by atoms with Crippen LogP contribution in [0.25, 0.3) is 12.2 Å². The molecule has 1 nitrogen and oxygen atoms in total. The Morgan fingerprint density at radius 3 is 1.59 bits per heavy atom. The molecule has 2 atom stereocenters. The molecule has 1 N–H and O–H groups in total. The van der Waals surface area contributed by atoms with Crippen LogP contribution in [0.2, 0.25) is 0 Å². The minimum absolute atomic E-state index is 0.472. The van der Waals surface area contributed by atoms with Gasteiger partial charge in [0.25, 0.3) is 0 Å². The van der Waals surface area contributed by atoms with Crippen molar-refractivity contribution in [2.75, 3.05) is 0 Å². The molecule has 1 saturated heterocycles. The summed E-state index contributed by atoms with van der Waals surface area (Å²) < 4.78 is 0. The summed E-state index contributed by atoms with van der Waals surface area (Å²) >= 11 is 0. The van der Waals surface area contributed by atoms with Gasteiger partial charge < -0.3 is 5.32 Å². The lowest BCUT2D eigenvalue weighted by Gasteiger charge is -2.27. The molecule has 1 aliphatic heterocycles. The van der Waals surface area contributed by atoms with Crippen molar-refractivity contribution < 1.29 is 0 Å². The summed E-state index contributed by atoms with van der Waals surface area (Å²) in [4.78, 5) is 0. The molecule has 2 aromatic rings. The zero-order valence-electron chi connectivity index (χ0n) is 12.9.